The summed E-state index contributed by atoms with van der Waals surface area (Å²) in [5, 5.41) is 3.90. The zero-order valence-electron chi connectivity index (χ0n) is 10.8. The first-order valence-electron chi connectivity index (χ1n) is 7.88. The van der Waals surface area contributed by atoms with E-state index in [1.54, 1.807) is 0 Å². The van der Waals surface area contributed by atoms with Gasteiger partial charge in [-0.25, -0.2) is 0 Å². The molecule has 2 saturated heterocycles. The maximum Gasteiger partial charge on any atom is 0.224 e. The number of hydrogen-bond acceptors (Lipinski definition) is 2. The molecule has 1 amide bonds. The molecule has 0 aromatic heterocycles. The minimum atomic E-state index is 0.406. The third-order valence-corrected chi connectivity index (χ3v) is 6.62. The molecule has 2 aliphatic heterocycles. The topological polar surface area (TPSA) is 32.3 Å². The Bertz CT molecular complexity index is 393. The van der Waals surface area contributed by atoms with Crippen LogP contribution in [-0.4, -0.2) is 35.5 Å². The lowest BCUT2D eigenvalue weighted by Gasteiger charge is -2.22. The molecule has 3 saturated carbocycles. The number of nitrogens with one attached hydrogen (secondary N) is 1. The Kier molecular flexibility index (Phi) is 1.88. The van der Waals surface area contributed by atoms with Crippen molar-refractivity contribution in [1.29, 1.82) is 0 Å². The smallest absolute Gasteiger partial charge is 0.224 e. The van der Waals surface area contributed by atoms with Gasteiger partial charge in [-0.2, -0.15) is 0 Å². The molecule has 5 rings (SSSR count). The van der Waals surface area contributed by atoms with Crippen LogP contribution in [0.2, 0.25) is 0 Å². The molecular formula is C15H22N2O. The van der Waals surface area contributed by atoms with Gasteiger partial charge in [-0.3, -0.25) is 4.79 Å². The Morgan fingerprint density at radius 3 is 2.67 bits per heavy atom. The summed E-state index contributed by atoms with van der Waals surface area (Å²) in [4.78, 5) is 14.1. The average molecular weight is 246 g/mol. The summed E-state index contributed by atoms with van der Waals surface area (Å²) < 4.78 is 0. The van der Waals surface area contributed by atoms with E-state index < -0.39 is 0 Å². The summed E-state index contributed by atoms with van der Waals surface area (Å²) in [7, 11) is 0. The van der Waals surface area contributed by atoms with Crippen LogP contribution in [0.1, 0.15) is 38.5 Å². The summed E-state index contributed by atoms with van der Waals surface area (Å²) in [6.07, 6.45) is 7.73. The van der Waals surface area contributed by atoms with Crippen LogP contribution >= 0.6 is 0 Å². The molecule has 0 aromatic rings. The molecular weight excluding hydrogens is 224 g/mol. The lowest BCUT2D eigenvalue weighted by atomic mass is 10.0. The van der Waals surface area contributed by atoms with Crippen molar-refractivity contribution in [1.82, 2.24) is 10.2 Å². The highest BCUT2D eigenvalue weighted by Gasteiger charge is 2.65. The first-order chi connectivity index (χ1) is 8.83. The Morgan fingerprint density at radius 1 is 1.11 bits per heavy atom. The van der Waals surface area contributed by atoms with Crippen molar-refractivity contribution >= 4 is 5.91 Å². The third-order valence-electron chi connectivity index (χ3n) is 6.62. The van der Waals surface area contributed by atoms with Crippen LogP contribution in [0.25, 0.3) is 0 Å². The van der Waals surface area contributed by atoms with Gasteiger partial charge in [-0.05, 0) is 55.8 Å². The quantitative estimate of drug-likeness (QED) is 0.798. The molecule has 5 fully saturated rings. The Labute approximate surface area is 108 Å². The Morgan fingerprint density at radius 2 is 1.89 bits per heavy atom. The van der Waals surface area contributed by atoms with Crippen molar-refractivity contribution in [3.63, 3.8) is 0 Å². The SMILES string of the molecule is O=C1CC(NC2C3C4CCC(C4)C23)C2CCCN12. The van der Waals surface area contributed by atoms with Gasteiger partial charge in [0.05, 0.1) is 0 Å². The molecule has 2 bridgehead atoms. The zero-order valence-corrected chi connectivity index (χ0v) is 10.8. The van der Waals surface area contributed by atoms with E-state index in [9.17, 15) is 4.79 Å². The van der Waals surface area contributed by atoms with Crippen LogP contribution in [0.5, 0.6) is 0 Å². The molecule has 6 atom stereocenters. The first kappa shape index (κ1) is 10.2. The van der Waals surface area contributed by atoms with Crippen molar-refractivity contribution in [3.05, 3.63) is 0 Å². The van der Waals surface area contributed by atoms with E-state index in [1.165, 1.54) is 32.1 Å². The van der Waals surface area contributed by atoms with Crippen LogP contribution in [0.3, 0.4) is 0 Å². The van der Waals surface area contributed by atoms with E-state index in [0.717, 1.165) is 42.7 Å². The second kappa shape index (κ2) is 3.30. The molecule has 18 heavy (non-hydrogen) atoms. The van der Waals surface area contributed by atoms with Crippen molar-refractivity contribution < 1.29 is 4.79 Å². The van der Waals surface area contributed by atoms with E-state index in [-0.39, 0.29) is 0 Å². The second-order valence-electron chi connectivity index (χ2n) is 7.29. The summed E-state index contributed by atoms with van der Waals surface area (Å²) in [5.41, 5.74) is 0. The molecule has 3 aliphatic carbocycles. The van der Waals surface area contributed by atoms with Gasteiger partial charge in [-0.1, -0.05) is 0 Å². The second-order valence-corrected chi connectivity index (χ2v) is 7.29. The van der Waals surface area contributed by atoms with E-state index in [0.29, 0.717) is 18.0 Å². The summed E-state index contributed by atoms with van der Waals surface area (Å²) in [5.74, 6) is 4.47. The monoisotopic (exact) mass is 246 g/mol. The number of fused-ring (bicyclic) bond motifs is 6. The predicted molar refractivity (Wildman–Crippen MR) is 67.9 cm³/mol. The minimum absolute atomic E-state index is 0.406. The maximum absolute atomic E-state index is 11.9. The minimum Gasteiger partial charge on any atom is -0.338 e. The van der Waals surface area contributed by atoms with Crippen molar-refractivity contribution in [3.8, 4) is 0 Å². The maximum atomic E-state index is 11.9. The van der Waals surface area contributed by atoms with Crippen LogP contribution in [-0.2, 0) is 4.79 Å². The molecule has 1 N–H and O–H groups in total. The molecule has 0 aromatic carbocycles. The Hall–Kier alpha value is -0.570. The van der Waals surface area contributed by atoms with Crippen LogP contribution in [0, 0.1) is 23.7 Å². The summed E-state index contributed by atoms with van der Waals surface area (Å²) >= 11 is 0. The molecule has 2 heterocycles. The molecule has 3 heteroatoms. The van der Waals surface area contributed by atoms with Crippen LogP contribution in [0.15, 0.2) is 0 Å². The number of carbonyl (C=O) groups is 1. The molecule has 6 unspecified atom stereocenters. The number of amides is 1. The molecule has 0 radical (unpaired) electrons. The molecule has 3 nitrogen and oxygen atoms in total. The zero-order chi connectivity index (χ0) is 11.9. The van der Waals surface area contributed by atoms with Gasteiger partial charge in [0.2, 0.25) is 5.91 Å². The fourth-order valence-corrected chi connectivity index (χ4v) is 5.93. The van der Waals surface area contributed by atoms with Gasteiger partial charge in [0.15, 0.2) is 0 Å². The standard InChI is InChI=1S/C15H22N2O/c18-12-7-10(11-2-1-5-17(11)12)16-15-13-8-3-4-9(6-8)14(13)15/h8-11,13-16H,1-7H2. The highest BCUT2D eigenvalue weighted by atomic mass is 16.2. The van der Waals surface area contributed by atoms with E-state index >= 15 is 0 Å². The summed E-state index contributed by atoms with van der Waals surface area (Å²) in [6, 6.07) is 1.81. The van der Waals surface area contributed by atoms with Crippen LogP contribution < -0.4 is 5.32 Å². The highest BCUT2D eigenvalue weighted by molar-refractivity contribution is 5.80. The molecule has 98 valence electrons. The molecule has 5 aliphatic rings. The van der Waals surface area contributed by atoms with Gasteiger partial charge in [0, 0.05) is 31.1 Å². The van der Waals surface area contributed by atoms with Gasteiger partial charge >= 0.3 is 0 Å². The van der Waals surface area contributed by atoms with Gasteiger partial charge in [0.25, 0.3) is 0 Å². The predicted octanol–water partition coefficient (Wildman–Crippen LogP) is 1.38. The number of hydrogen-bond donors (Lipinski definition) is 1. The molecule has 0 spiro atoms. The first-order valence-corrected chi connectivity index (χ1v) is 7.88. The van der Waals surface area contributed by atoms with Crippen molar-refractivity contribution in [2.24, 2.45) is 23.7 Å². The largest absolute Gasteiger partial charge is 0.338 e. The summed E-state index contributed by atoms with van der Waals surface area (Å²) in [6.45, 7) is 1.02. The van der Waals surface area contributed by atoms with Gasteiger partial charge < -0.3 is 10.2 Å². The highest BCUT2D eigenvalue weighted by Crippen LogP contribution is 2.65. The number of nitrogens with zero attached hydrogens (tertiary/aromatic N) is 1. The van der Waals surface area contributed by atoms with E-state index in [2.05, 4.69) is 10.2 Å². The van der Waals surface area contributed by atoms with Gasteiger partial charge in [0.1, 0.15) is 0 Å². The van der Waals surface area contributed by atoms with Crippen molar-refractivity contribution in [2.75, 3.05) is 6.54 Å². The third kappa shape index (κ3) is 1.17. The number of rotatable bonds is 2. The fourth-order valence-electron chi connectivity index (χ4n) is 5.93. The normalized spacial score (nSPS) is 56.1. The lowest BCUT2D eigenvalue weighted by Crippen LogP contribution is -2.42. The number of carbonyl (C=O) groups excluding carboxylic acids is 1. The Balaban J connectivity index is 1.30. The average Bonchev–Trinajstić information content (AvgIpc) is 2.87. The van der Waals surface area contributed by atoms with Gasteiger partial charge in [-0.15, -0.1) is 0 Å². The van der Waals surface area contributed by atoms with Crippen LogP contribution in [0.4, 0.5) is 0 Å². The van der Waals surface area contributed by atoms with E-state index in [4.69, 9.17) is 0 Å². The fraction of sp³-hybridized carbons (Fsp3) is 0.933. The lowest BCUT2D eigenvalue weighted by molar-refractivity contribution is -0.127. The van der Waals surface area contributed by atoms with E-state index in [1.807, 2.05) is 0 Å². The van der Waals surface area contributed by atoms with Crippen molar-refractivity contribution in [2.45, 2.75) is 56.7 Å².